The van der Waals surface area contributed by atoms with E-state index in [-0.39, 0.29) is 5.75 Å². The number of hydrogen-bond acceptors (Lipinski definition) is 4. The molecule has 0 atom stereocenters. The predicted molar refractivity (Wildman–Crippen MR) is 67.9 cm³/mol. The Morgan fingerprint density at radius 1 is 1.29 bits per heavy atom. The van der Waals surface area contributed by atoms with Gasteiger partial charge in [-0.3, -0.25) is 0 Å². The van der Waals surface area contributed by atoms with Gasteiger partial charge in [0, 0.05) is 5.56 Å². The highest BCUT2D eigenvalue weighted by molar-refractivity contribution is 7.86. The first kappa shape index (κ1) is 13.6. The smallest absolute Gasteiger partial charge is 0.306 e. The monoisotopic (exact) mass is 256 g/mol. The van der Waals surface area contributed by atoms with Gasteiger partial charge in [-0.05, 0) is 37.1 Å². The maximum atomic E-state index is 11.2. The fourth-order valence-electron chi connectivity index (χ4n) is 1.45. The summed E-state index contributed by atoms with van der Waals surface area (Å²) in [4.78, 5) is 0. The van der Waals surface area contributed by atoms with Crippen molar-refractivity contribution in [1.29, 1.82) is 0 Å². The lowest BCUT2D eigenvalue weighted by atomic mass is 10.0. The van der Waals surface area contributed by atoms with Gasteiger partial charge in [0.15, 0.2) is 5.75 Å². The van der Waals surface area contributed by atoms with Gasteiger partial charge in [0.25, 0.3) is 0 Å². The van der Waals surface area contributed by atoms with Crippen LogP contribution >= 0.6 is 0 Å². The Morgan fingerprint density at radius 3 is 2.29 bits per heavy atom. The molecule has 0 N–H and O–H groups in total. The summed E-state index contributed by atoms with van der Waals surface area (Å²) >= 11 is 0. The Hall–Kier alpha value is -1.49. The van der Waals surface area contributed by atoms with Crippen LogP contribution in [-0.4, -0.2) is 21.8 Å². The standard InChI is InChI=1S/C12H16O4S/c1-8(2)10-7-11(15-4)9(3)6-12(10)16-17(5,13)14/h6-7H,1H2,2-5H3. The first-order valence-corrected chi connectivity index (χ1v) is 6.80. The Balaban J connectivity index is 3.38. The minimum Gasteiger partial charge on any atom is -0.496 e. The zero-order valence-corrected chi connectivity index (χ0v) is 11.2. The van der Waals surface area contributed by atoms with E-state index in [1.54, 1.807) is 26.2 Å². The lowest BCUT2D eigenvalue weighted by molar-refractivity contribution is 0.410. The normalized spacial score (nSPS) is 11.1. The van der Waals surface area contributed by atoms with E-state index in [1.165, 1.54) is 0 Å². The maximum Gasteiger partial charge on any atom is 0.306 e. The highest BCUT2D eigenvalue weighted by Crippen LogP contribution is 2.32. The van der Waals surface area contributed by atoms with Gasteiger partial charge in [-0.15, -0.1) is 0 Å². The van der Waals surface area contributed by atoms with Crippen molar-refractivity contribution < 1.29 is 17.3 Å². The molecular weight excluding hydrogens is 240 g/mol. The van der Waals surface area contributed by atoms with Gasteiger partial charge in [0.2, 0.25) is 0 Å². The molecule has 0 aliphatic carbocycles. The Bertz CT molecular complexity index is 544. The van der Waals surface area contributed by atoms with E-state index >= 15 is 0 Å². The van der Waals surface area contributed by atoms with Gasteiger partial charge >= 0.3 is 10.1 Å². The van der Waals surface area contributed by atoms with E-state index in [0.717, 1.165) is 11.8 Å². The number of allylic oxidation sites excluding steroid dienone is 1. The van der Waals surface area contributed by atoms with Crippen molar-refractivity contribution in [1.82, 2.24) is 0 Å². The molecule has 17 heavy (non-hydrogen) atoms. The molecule has 0 saturated heterocycles. The van der Waals surface area contributed by atoms with Gasteiger partial charge in [-0.25, -0.2) is 0 Å². The van der Waals surface area contributed by atoms with E-state index < -0.39 is 10.1 Å². The van der Waals surface area contributed by atoms with Crippen molar-refractivity contribution in [3.05, 3.63) is 29.8 Å². The molecule has 1 aromatic rings. The predicted octanol–water partition coefficient (Wildman–Crippen LogP) is 2.38. The molecule has 0 aliphatic rings. The first-order valence-electron chi connectivity index (χ1n) is 4.98. The van der Waals surface area contributed by atoms with Gasteiger partial charge in [0.05, 0.1) is 13.4 Å². The van der Waals surface area contributed by atoms with Crippen LogP contribution in [-0.2, 0) is 10.1 Å². The second-order valence-corrected chi connectivity index (χ2v) is 5.46. The summed E-state index contributed by atoms with van der Waals surface area (Å²) in [5.41, 5.74) is 2.14. The summed E-state index contributed by atoms with van der Waals surface area (Å²) in [7, 11) is -1.99. The molecule has 0 heterocycles. The Labute approximate surface area is 102 Å². The molecule has 0 aliphatic heterocycles. The van der Waals surface area contributed by atoms with Crippen molar-refractivity contribution in [3.63, 3.8) is 0 Å². The van der Waals surface area contributed by atoms with Crippen LogP contribution in [0.4, 0.5) is 0 Å². The van der Waals surface area contributed by atoms with Crippen LogP contribution in [0.1, 0.15) is 18.1 Å². The molecule has 0 aromatic heterocycles. The number of hydrogen-bond donors (Lipinski definition) is 0. The van der Waals surface area contributed by atoms with Gasteiger partial charge in [0.1, 0.15) is 5.75 Å². The largest absolute Gasteiger partial charge is 0.496 e. The Kier molecular flexibility index (Phi) is 3.83. The van der Waals surface area contributed by atoms with Gasteiger partial charge in [-0.1, -0.05) is 6.58 Å². The maximum absolute atomic E-state index is 11.2. The third-order valence-corrected chi connectivity index (χ3v) is 2.68. The third-order valence-electron chi connectivity index (χ3n) is 2.20. The van der Waals surface area contributed by atoms with Crippen molar-refractivity contribution in [2.45, 2.75) is 13.8 Å². The van der Waals surface area contributed by atoms with E-state index in [0.29, 0.717) is 16.9 Å². The molecule has 0 saturated carbocycles. The summed E-state index contributed by atoms with van der Waals surface area (Å²) in [6.45, 7) is 7.38. The average Bonchev–Trinajstić information content (AvgIpc) is 2.14. The number of rotatable bonds is 4. The summed E-state index contributed by atoms with van der Waals surface area (Å²) in [5.74, 6) is 0.946. The minimum absolute atomic E-state index is 0.276. The lowest BCUT2D eigenvalue weighted by Gasteiger charge is -2.13. The number of aryl methyl sites for hydroxylation is 1. The number of methoxy groups -OCH3 is 1. The van der Waals surface area contributed by atoms with Crippen molar-refractivity contribution >= 4 is 15.7 Å². The topological polar surface area (TPSA) is 52.6 Å². The summed E-state index contributed by atoms with van der Waals surface area (Å²) in [5, 5.41) is 0. The SMILES string of the molecule is C=C(C)c1cc(OC)c(C)cc1OS(C)(=O)=O. The molecule has 5 heteroatoms. The van der Waals surface area contributed by atoms with Crippen LogP contribution in [0.3, 0.4) is 0 Å². The minimum atomic E-state index is -3.55. The molecule has 1 aromatic carbocycles. The Morgan fingerprint density at radius 2 is 1.88 bits per heavy atom. The van der Waals surface area contributed by atoms with Crippen LogP contribution in [0.5, 0.6) is 11.5 Å². The molecule has 0 fully saturated rings. The fraction of sp³-hybridized carbons (Fsp3) is 0.333. The highest BCUT2D eigenvalue weighted by Gasteiger charge is 2.13. The first-order chi connectivity index (χ1) is 7.74. The lowest BCUT2D eigenvalue weighted by Crippen LogP contribution is -2.07. The average molecular weight is 256 g/mol. The highest BCUT2D eigenvalue weighted by atomic mass is 32.2. The van der Waals surface area contributed by atoms with Gasteiger partial charge in [-0.2, -0.15) is 8.42 Å². The van der Waals surface area contributed by atoms with Crippen LogP contribution in [0.2, 0.25) is 0 Å². The quantitative estimate of drug-likeness (QED) is 0.776. The molecule has 0 amide bonds. The van der Waals surface area contributed by atoms with Crippen LogP contribution < -0.4 is 8.92 Å². The molecule has 0 unspecified atom stereocenters. The third kappa shape index (κ3) is 3.49. The zero-order valence-electron chi connectivity index (χ0n) is 10.4. The molecule has 0 bridgehead atoms. The molecule has 0 radical (unpaired) electrons. The molecular formula is C12H16O4S. The second-order valence-electron chi connectivity index (χ2n) is 3.89. The molecule has 94 valence electrons. The molecule has 4 nitrogen and oxygen atoms in total. The van der Waals surface area contributed by atoms with E-state index in [9.17, 15) is 8.42 Å². The van der Waals surface area contributed by atoms with Crippen molar-refractivity contribution in [3.8, 4) is 11.5 Å². The summed E-state index contributed by atoms with van der Waals surface area (Å²) < 4.78 is 32.4. The van der Waals surface area contributed by atoms with Crippen LogP contribution in [0.15, 0.2) is 18.7 Å². The number of ether oxygens (including phenoxy) is 1. The van der Waals surface area contributed by atoms with Crippen LogP contribution in [0.25, 0.3) is 5.57 Å². The van der Waals surface area contributed by atoms with Crippen LogP contribution in [0, 0.1) is 6.92 Å². The summed E-state index contributed by atoms with van der Waals surface area (Å²) in [6.07, 6.45) is 1.01. The van der Waals surface area contributed by atoms with E-state index in [2.05, 4.69) is 6.58 Å². The van der Waals surface area contributed by atoms with E-state index in [1.807, 2.05) is 6.92 Å². The van der Waals surface area contributed by atoms with Crippen molar-refractivity contribution in [2.24, 2.45) is 0 Å². The van der Waals surface area contributed by atoms with E-state index in [4.69, 9.17) is 8.92 Å². The second kappa shape index (κ2) is 4.79. The molecule has 0 spiro atoms. The van der Waals surface area contributed by atoms with Gasteiger partial charge < -0.3 is 8.92 Å². The molecule has 1 rings (SSSR count). The summed E-state index contributed by atoms with van der Waals surface area (Å²) in [6, 6.07) is 3.35. The van der Waals surface area contributed by atoms with Crippen molar-refractivity contribution in [2.75, 3.05) is 13.4 Å². The number of benzene rings is 1. The fourth-order valence-corrected chi connectivity index (χ4v) is 1.91. The zero-order chi connectivity index (χ0) is 13.2.